The molecule has 0 heterocycles. The molecule has 0 aromatic heterocycles. The van der Waals surface area contributed by atoms with Gasteiger partial charge in [-0.25, -0.2) is 8.42 Å². The predicted molar refractivity (Wildman–Crippen MR) is 65.2 cm³/mol. The second-order valence-electron chi connectivity index (χ2n) is 4.78. The average molecular weight is 249 g/mol. The molecule has 0 aromatic carbocycles. The molecular formula is C11H23NO3S. The average Bonchev–Trinajstić information content (AvgIpc) is 2.16. The van der Waals surface area contributed by atoms with Gasteiger partial charge in [-0.2, -0.15) is 0 Å². The van der Waals surface area contributed by atoms with E-state index in [4.69, 9.17) is 0 Å². The fraction of sp³-hybridized carbons (Fsp3) is 1.00. The first-order valence-electron chi connectivity index (χ1n) is 6.07. The van der Waals surface area contributed by atoms with Gasteiger partial charge in [0.1, 0.15) is 0 Å². The van der Waals surface area contributed by atoms with Crippen LogP contribution in [0.4, 0.5) is 0 Å². The molecule has 2 N–H and O–H groups in total. The largest absolute Gasteiger partial charge is 0.393 e. The fourth-order valence-corrected chi connectivity index (χ4v) is 3.36. The molecule has 1 aliphatic carbocycles. The predicted octanol–water partition coefficient (Wildman–Crippen LogP) is 0.703. The van der Waals surface area contributed by atoms with Gasteiger partial charge in [-0.15, -0.1) is 0 Å². The lowest BCUT2D eigenvalue weighted by atomic mass is 9.92. The molecular weight excluding hydrogens is 226 g/mol. The Labute approximate surface area is 98.4 Å². The van der Waals surface area contributed by atoms with Gasteiger partial charge in [-0.3, -0.25) is 0 Å². The normalized spacial score (nSPS) is 28.9. The number of nitrogens with one attached hydrogen (secondary N) is 1. The van der Waals surface area contributed by atoms with Crippen molar-refractivity contribution in [3.8, 4) is 0 Å². The highest BCUT2D eigenvalue weighted by Gasteiger charge is 2.22. The molecule has 5 heteroatoms. The van der Waals surface area contributed by atoms with E-state index >= 15 is 0 Å². The highest BCUT2D eigenvalue weighted by molar-refractivity contribution is 7.91. The second-order valence-corrected chi connectivity index (χ2v) is 7.18. The summed E-state index contributed by atoms with van der Waals surface area (Å²) in [5.41, 5.74) is 0. The number of rotatable bonds is 5. The van der Waals surface area contributed by atoms with Crippen LogP contribution >= 0.6 is 0 Å². The minimum absolute atomic E-state index is 0.0275. The molecule has 0 aromatic rings. The van der Waals surface area contributed by atoms with Gasteiger partial charge in [0.15, 0.2) is 9.84 Å². The molecule has 96 valence electrons. The maximum Gasteiger partial charge on any atom is 0.151 e. The van der Waals surface area contributed by atoms with Crippen LogP contribution in [0.15, 0.2) is 0 Å². The van der Waals surface area contributed by atoms with Crippen LogP contribution < -0.4 is 5.32 Å². The van der Waals surface area contributed by atoms with E-state index in [1.165, 1.54) is 0 Å². The third-order valence-corrected chi connectivity index (χ3v) is 5.00. The van der Waals surface area contributed by atoms with Crippen LogP contribution in [0.25, 0.3) is 0 Å². The molecule has 0 spiro atoms. The Balaban J connectivity index is 2.36. The van der Waals surface area contributed by atoms with Crippen molar-refractivity contribution in [2.24, 2.45) is 0 Å². The van der Waals surface area contributed by atoms with Gasteiger partial charge in [0.05, 0.1) is 11.9 Å². The Morgan fingerprint density at radius 3 is 2.69 bits per heavy atom. The maximum absolute atomic E-state index is 11.4. The molecule has 0 radical (unpaired) electrons. The Kier molecular flexibility index (Phi) is 5.21. The van der Waals surface area contributed by atoms with Gasteiger partial charge in [-0.05, 0) is 32.6 Å². The number of sulfone groups is 1. The van der Waals surface area contributed by atoms with Crippen LogP contribution in [-0.4, -0.2) is 43.2 Å². The molecule has 0 amide bonds. The minimum Gasteiger partial charge on any atom is -0.393 e. The molecule has 3 unspecified atom stereocenters. The first kappa shape index (κ1) is 13.9. The van der Waals surface area contributed by atoms with Gasteiger partial charge < -0.3 is 10.4 Å². The lowest BCUT2D eigenvalue weighted by Gasteiger charge is -2.29. The molecule has 16 heavy (non-hydrogen) atoms. The van der Waals surface area contributed by atoms with Crippen molar-refractivity contribution in [1.82, 2.24) is 5.32 Å². The van der Waals surface area contributed by atoms with Crippen molar-refractivity contribution < 1.29 is 13.5 Å². The summed E-state index contributed by atoms with van der Waals surface area (Å²) in [5.74, 6) is 0.391. The zero-order valence-electron chi connectivity index (χ0n) is 10.1. The van der Waals surface area contributed by atoms with E-state index in [1.807, 2.05) is 6.92 Å². The minimum atomic E-state index is -2.91. The summed E-state index contributed by atoms with van der Waals surface area (Å²) < 4.78 is 22.9. The van der Waals surface area contributed by atoms with Gasteiger partial charge >= 0.3 is 0 Å². The molecule has 3 atom stereocenters. The van der Waals surface area contributed by atoms with Gasteiger partial charge in [0.25, 0.3) is 0 Å². The fourth-order valence-electron chi connectivity index (χ4n) is 2.26. The molecule has 0 saturated heterocycles. The molecule has 1 fully saturated rings. The third-order valence-electron chi connectivity index (χ3n) is 3.11. The highest BCUT2D eigenvalue weighted by atomic mass is 32.2. The van der Waals surface area contributed by atoms with Crippen LogP contribution in [0.1, 0.15) is 39.5 Å². The third kappa shape index (κ3) is 4.80. The van der Waals surface area contributed by atoms with Crippen LogP contribution in [0.5, 0.6) is 0 Å². The molecule has 1 rings (SSSR count). The Morgan fingerprint density at radius 2 is 2.12 bits per heavy atom. The van der Waals surface area contributed by atoms with Crippen molar-refractivity contribution in [1.29, 1.82) is 0 Å². The summed E-state index contributed by atoms with van der Waals surface area (Å²) in [7, 11) is -2.91. The van der Waals surface area contributed by atoms with E-state index in [9.17, 15) is 13.5 Å². The van der Waals surface area contributed by atoms with E-state index in [0.717, 1.165) is 25.7 Å². The lowest BCUT2D eigenvalue weighted by Crippen LogP contribution is -2.44. The van der Waals surface area contributed by atoms with E-state index in [-0.39, 0.29) is 29.7 Å². The van der Waals surface area contributed by atoms with Crippen molar-refractivity contribution in [2.45, 2.75) is 57.7 Å². The highest BCUT2D eigenvalue weighted by Crippen LogP contribution is 2.18. The van der Waals surface area contributed by atoms with E-state index in [2.05, 4.69) is 5.32 Å². The number of aliphatic hydroxyl groups excluding tert-OH is 1. The molecule has 1 aliphatic rings. The van der Waals surface area contributed by atoms with Gasteiger partial charge in [-0.1, -0.05) is 6.92 Å². The summed E-state index contributed by atoms with van der Waals surface area (Å²) in [4.78, 5) is 0. The van der Waals surface area contributed by atoms with E-state index < -0.39 is 9.84 Å². The van der Waals surface area contributed by atoms with Gasteiger partial charge in [0.2, 0.25) is 0 Å². The molecule has 0 bridgehead atoms. The summed E-state index contributed by atoms with van der Waals surface area (Å²) in [6.07, 6.45) is 3.46. The lowest BCUT2D eigenvalue weighted by molar-refractivity contribution is 0.110. The molecule has 4 nitrogen and oxygen atoms in total. The topological polar surface area (TPSA) is 66.4 Å². The number of hydrogen-bond acceptors (Lipinski definition) is 4. The Morgan fingerprint density at radius 1 is 1.44 bits per heavy atom. The number of aliphatic hydroxyl groups is 1. The number of hydrogen-bond donors (Lipinski definition) is 2. The SMILES string of the molecule is CCS(=O)(=O)CC(C)NC1CCCC(O)C1. The monoisotopic (exact) mass is 249 g/mol. The first-order valence-corrected chi connectivity index (χ1v) is 7.89. The van der Waals surface area contributed by atoms with Crippen LogP contribution in [0.2, 0.25) is 0 Å². The molecule has 0 aliphatic heterocycles. The van der Waals surface area contributed by atoms with Crippen molar-refractivity contribution >= 4 is 9.84 Å². The standard InChI is InChI=1S/C11H23NO3S/c1-3-16(14,15)8-9(2)12-10-5-4-6-11(13)7-10/h9-13H,3-8H2,1-2H3. The molecule has 1 saturated carbocycles. The smallest absolute Gasteiger partial charge is 0.151 e. The zero-order valence-corrected chi connectivity index (χ0v) is 11.0. The second kappa shape index (κ2) is 5.98. The Bertz CT molecular complexity index is 302. The summed E-state index contributed by atoms with van der Waals surface area (Å²) in [6, 6.07) is 0.242. The summed E-state index contributed by atoms with van der Waals surface area (Å²) in [6.45, 7) is 3.57. The van der Waals surface area contributed by atoms with E-state index in [1.54, 1.807) is 6.92 Å². The van der Waals surface area contributed by atoms with Crippen molar-refractivity contribution in [3.63, 3.8) is 0 Å². The van der Waals surface area contributed by atoms with E-state index in [0.29, 0.717) is 0 Å². The van der Waals surface area contributed by atoms with Crippen LogP contribution in [0, 0.1) is 0 Å². The zero-order chi connectivity index (χ0) is 12.2. The first-order chi connectivity index (χ1) is 7.43. The quantitative estimate of drug-likeness (QED) is 0.753. The van der Waals surface area contributed by atoms with Crippen molar-refractivity contribution in [3.05, 3.63) is 0 Å². The summed E-state index contributed by atoms with van der Waals surface area (Å²) in [5, 5.41) is 12.8. The maximum atomic E-state index is 11.4. The summed E-state index contributed by atoms with van der Waals surface area (Å²) >= 11 is 0. The Hall–Kier alpha value is -0.130. The van der Waals surface area contributed by atoms with Crippen LogP contribution in [-0.2, 0) is 9.84 Å². The van der Waals surface area contributed by atoms with Crippen LogP contribution in [0.3, 0.4) is 0 Å². The van der Waals surface area contributed by atoms with Crippen molar-refractivity contribution in [2.75, 3.05) is 11.5 Å². The van der Waals surface area contributed by atoms with Gasteiger partial charge in [0, 0.05) is 17.8 Å².